The summed E-state index contributed by atoms with van der Waals surface area (Å²) in [6.07, 6.45) is 2.24. The van der Waals surface area contributed by atoms with Crippen LogP contribution in [0.3, 0.4) is 0 Å². The molecule has 0 aliphatic heterocycles. The SMILES string of the molecule is CCCCC(O)C(=O)OCCC.O=C(O)c1ccccc1.O=CO. The van der Waals surface area contributed by atoms with Gasteiger partial charge in [0.15, 0.2) is 6.10 Å². The van der Waals surface area contributed by atoms with Crippen LogP contribution in [-0.4, -0.2) is 46.4 Å². The second-order valence-corrected chi connectivity index (χ2v) is 4.60. The summed E-state index contributed by atoms with van der Waals surface area (Å²) in [7, 11) is 0. The largest absolute Gasteiger partial charge is 0.483 e. The maximum atomic E-state index is 10.9. The molecule has 1 rings (SSSR count). The highest BCUT2D eigenvalue weighted by atomic mass is 16.5. The normalized spacial score (nSPS) is 10.1. The van der Waals surface area contributed by atoms with Gasteiger partial charge in [0.05, 0.1) is 12.2 Å². The first kappa shape index (κ1) is 23.9. The Labute approximate surface area is 141 Å². The van der Waals surface area contributed by atoms with E-state index in [1.165, 1.54) is 0 Å². The van der Waals surface area contributed by atoms with Crippen LogP contribution in [0.4, 0.5) is 0 Å². The van der Waals surface area contributed by atoms with Gasteiger partial charge >= 0.3 is 11.9 Å². The summed E-state index contributed by atoms with van der Waals surface area (Å²) in [6.45, 7) is 4.10. The zero-order valence-electron chi connectivity index (χ0n) is 14.1. The molecule has 7 nitrogen and oxygen atoms in total. The van der Waals surface area contributed by atoms with Crippen molar-refractivity contribution in [2.75, 3.05) is 6.61 Å². The van der Waals surface area contributed by atoms with Gasteiger partial charge in [0.25, 0.3) is 6.47 Å². The molecule has 0 aliphatic rings. The zero-order valence-corrected chi connectivity index (χ0v) is 14.1. The first-order valence-electron chi connectivity index (χ1n) is 7.65. The molecular formula is C17H26O7. The van der Waals surface area contributed by atoms with E-state index >= 15 is 0 Å². The number of carbonyl (C=O) groups is 3. The number of carboxylic acids is 1. The van der Waals surface area contributed by atoms with Crippen molar-refractivity contribution in [1.82, 2.24) is 0 Å². The lowest BCUT2D eigenvalue weighted by Gasteiger charge is -2.08. The van der Waals surface area contributed by atoms with E-state index < -0.39 is 18.0 Å². The van der Waals surface area contributed by atoms with Crippen molar-refractivity contribution >= 4 is 18.4 Å². The van der Waals surface area contributed by atoms with Crippen LogP contribution in [0.1, 0.15) is 49.9 Å². The predicted octanol–water partition coefficient (Wildman–Crippen LogP) is 2.58. The number of aromatic carboxylic acids is 1. The van der Waals surface area contributed by atoms with E-state index in [4.69, 9.17) is 19.7 Å². The number of benzene rings is 1. The van der Waals surface area contributed by atoms with Gasteiger partial charge in [-0.3, -0.25) is 4.79 Å². The number of hydrogen-bond donors (Lipinski definition) is 3. The number of carbonyl (C=O) groups excluding carboxylic acids is 1. The summed E-state index contributed by atoms with van der Waals surface area (Å²) in [5.41, 5.74) is 0.331. The molecule has 3 N–H and O–H groups in total. The number of esters is 1. The quantitative estimate of drug-likeness (QED) is 0.514. The van der Waals surface area contributed by atoms with E-state index in [1.54, 1.807) is 30.3 Å². The monoisotopic (exact) mass is 342 g/mol. The molecule has 0 amide bonds. The van der Waals surface area contributed by atoms with E-state index in [-0.39, 0.29) is 6.47 Å². The summed E-state index contributed by atoms with van der Waals surface area (Å²) in [6, 6.07) is 8.30. The number of aliphatic hydroxyl groups is 1. The van der Waals surface area contributed by atoms with Gasteiger partial charge in [-0.05, 0) is 25.0 Å². The highest BCUT2D eigenvalue weighted by Gasteiger charge is 2.14. The molecule has 0 saturated carbocycles. The lowest BCUT2D eigenvalue weighted by atomic mass is 10.2. The minimum absolute atomic E-state index is 0.250. The molecule has 136 valence electrons. The Hall–Kier alpha value is -2.41. The smallest absolute Gasteiger partial charge is 0.335 e. The van der Waals surface area contributed by atoms with Crippen molar-refractivity contribution in [2.45, 2.75) is 45.6 Å². The molecule has 1 aromatic rings. The number of carboxylic acid groups (broad SMARTS) is 2. The first-order chi connectivity index (χ1) is 11.4. The topological polar surface area (TPSA) is 121 Å². The van der Waals surface area contributed by atoms with Gasteiger partial charge < -0.3 is 20.1 Å². The Kier molecular flexibility index (Phi) is 16.8. The molecule has 1 unspecified atom stereocenters. The summed E-state index contributed by atoms with van der Waals surface area (Å²) >= 11 is 0. The summed E-state index contributed by atoms with van der Waals surface area (Å²) in [5.74, 6) is -1.36. The van der Waals surface area contributed by atoms with Crippen molar-refractivity contribution in [1.29, 1.82) is 0 Å². The van der Waals surface area contributed by atoms with Crippen molar-refractivity contribution in [3.8, 4) is 0 Å². The number of aliphatic hydroxyl groups excluding tert-OH is 1. The fourth-order valence-electron chi connectivity index (χ4n) is 1.39. The Morgan fingerprint density at radius 1 is 1.17 bits per heavy atom. The van der Waals surface area contributed by atoms with Gasteiger partial charge in [0.2, 0.25) is 0 Å². The van der Waals surface area contributed by atoms with E-state index in [1.807, 2.05) is 13.8 Å². The Bertz CT molecular complexity index is 446. The fraction of sp³-hybridized carbons (Fsp3) is 0.471. The van der Waals surface area contributed by atoms with Crippen LogP contribution >= 0.6 is 0 Å². The van der Waals surface area contributed by atoms with E-state index in [0.29, 0.717) is 18.6 Å². The second kappa shape index (κ2) is 17.0. The Morgan fingerprint density at radius 2 is 1.71 bits per heavy atom. The van der Waals surface area contributed by atoms with E-state index in [9.17, 15) is 14.7 Å². The van der Waals surface area contributed by atoms with Crippen molar-refractivity contribution in [3.05, 3.63) is 35.9 Å². The molecule has 24 heavy (non-hydrogen) atoms. The minimum atomic E-state index is -0.920. The molecule has 1 atom stereocenters. The van der Waals surface area contributed by atoms with Crippen LogP contribution in [0.5, 0.6) is 0 Å². The molecule has 0 bridgehead atoms. The maximum Gasteiger partial charge on any atom is 0.335 e. The number of unbranched alkanes of at least 4 members (excludes halogenated alkanes) is 1. The van der Waals surface area contributed by atoms with Crippen LogP contribution in [0.15, 0.2) is 30.3 Å². The van der Waals surface area contributed by atoms with Gasteiger partial charge in [-0.25, -0.2) is 9.59 Å². The van der Waals surface area contributed by atoms with Crippen molar-refractivity contribution in [3.63, 3.8) is 0 Å². The predicted molar refractivity (Wildman–Crippen MR) is 88.9 cm³/mol. The summed E-state index contributed by atoms with van der Waals surface area (Å²) in [4.78, 5) is 29.5. The molecular weight excluding hydrogens is 316 g/mol. The highest BCUT2D eigenvalue weighted by molar-refractivity contribution is 5.87. The average Bonchev–Trinajstić information content (AvgIpc) is 2.59. The number of rotatable bonds is 7. The minimum Gasteiger partial charge on any atom is -0.483 e. The van der Waals surface area contributed by atoms with Crippen LogP contribution in [-0.2, 0) is 14.3 Å². The van der Waals surface area contributed by atoms with Gasteiger partial charge in [-0.1, -0.05) is 44.9 Å². The van der Waals surface area contributed by atoms with Crippen molar-refractivity contribution in [2.24, 2.45) is 0 Å². The van der Waals surface area contributed by atoms with Crippen molar-refractivity contribution < 1.29 is 34.4 Å². The third-order valence-corrected chi connectivity index (χ3v) is 2.57. The molecule has 0 fully saturated rings. The van der Waals surface area contributed by atoms with Crippen LogP contribution in [0.25, 0.3) is 0 Å². The third-order valence-electron chi connectivity index (χ3n) is 2.57. The highest BCUT2D eigenvalue weighted by Crippen LogP contribution is 2.02. The standard InChI is InChI=1S/C9H18O3.C7H6O2.CH2O2/c1-3-5-6-8(10)9(11)12-7-4-2;8-7(9)6-4-2-1-3-5-6;2-1-3/h8,10H,3-7H2,1-2H3;1-5H,(H,8,9);1H,(H,2,3). The van der Waals surface area contributed by atoms with Crippen LogP contribution in [0, 0.1) is 0 Å². The molecule has 0 spiro atoms. The third kappa shape index (κ3) is 14.5. The van der Waals surface area contributed by atoms with Gasteiger partial charge in [0.1, 0.15) is 0 Å². The average molecular weight is 342 g/mol. The Morgan fingerprint density at radius 3 is 2.08 bits per heavy atom. The Balaban J connectivity index is 0. The van der Waals surface area contributed by atoms with E-state index in [2.05, 4.69) is 0 Å². The van der Waals surface area contributed by atoms with Gasteiger partial charge in [-0.15, -0.1) is 0 Å². The second-order valence-electron chi connectivity index (χ2n) is 4.60. The molecule has 1 aromatic carbocycles. The lowest BCUT2D eigenvalue weighted by Crippen LogP contribution is -2.23. The molecule has 0 heterocycles. The van der Waals surface area contributed by atoms with Gasteiger partial charge in [-0.2, -0.15) is 0 Å². The maximum absolute atomic E-state index is 10.9. The summed E-state index contributed by atoms with van der Waals surface area (Å²) in [5, 5.41) is 24.5. The molecule has 0 aromatic heterocycles. The number of hydrogen-bond acceptors (Lipinski definition) is 5. The molecule has 7 heteroatoms. The molecule has 0 saturated heterocycles. The first-order valence-corrected chi connectivity index (χ1v) is 7.65. The fourth-order valence-corrected chi connectivity index (χ4v) is 1.39. The van der Waals surface area contributed by atoms with E-state index in [0.717, 1.165) is 19.3 Å². The summed E-state index contributed by atoms with van der Waals surface area (Å²) < 4.78 is 4.76. The van der Waals surface area contributed by atoms with Gasteiger partial charge in [0, 0.05) is 0 Å². The molecule has 0 aliphatic carbocycles. The van der Waals surface area contributed by atoms with Crippen LogP contribution < -0.4 is 0 Å². The van der Waals surface area contributed by atoms with Crippen LogP contribution in [0.2, 0.25) is 0 Å². The zero-order chi connectivity index (χ0) is 18.8. The lowest BCUT2D eigenvalue weighted by molar-refractivity contribution is -0.153. The number of ether oxygens (including phenoxy) is 1. The molecule has 0 radical (unpaired) electrons.